The Labute approximate surface area is 168 Å². The Kier molecular flexibility index (Phi) is 6.97. The number of rotatable bonds is 8. The summed E-state index contributed by atoms with van der Waals surface area (Å²) in [7, 11) is 0. The molecule has 1 aliphatic rings. The van der Waals surface area contributed by atoms with Crippen LogP contribution in [0.25, 0.3) is 6.08 Å². The molecule has 2 amide bonds. The van der Waals surface area contributed by atoms with Crippen LogP contribution in [0.5, 0.6) is 5.75 Å². The van der Waals surface area contributed by atoms with Crippen LogP contribution in [0, 0.1) is 5.82 Å². The Morgan fingerprint density at radius 2 is 2.07 bits per heavy atom. The molecule has 0 bridgehead atoms. The molecule has 7 heteroatoms. The Bertz CT molecular complexity index is 913. The molecule has 1 aliphatic heterocycles. The third-order valence-corrected chi connectivity index (χ3v) is 4.27. The summed E-state index contributed by atoms with van der Waals surface area (Å²) in [6.45, 7) is 3.43. The Hall–Kier alpha value is -3.19. The minimum atomic E-state index is -0.461. The van der Waals surface area contributed by atoms with Gasteiger partial charge in [-0.2, -0.15) is 0 Å². The second-order valence-electron chi connectivity index (χ2n) is 6.43. The largest absolute Gasteiger partial charge is 0.449 e. The number of halogens is 1. The second-order valence-corrected chi connectivity index (χ2v) is 6.43. The van der Waals surface area contributed by atoms with Gasteiger partial charge < -0.3 is 14.8 Å². The van der Waals surface area contributed by atoms with Gasteiger partial charge in [0.25, 0.3) is 5.91 Å². The molecule has 29 heavy (non-hydrogen) atoms. The van der Waals surface area contributed by atoms with Crippen molar-refractivity contribution in [3.05, 3.63) is 65.7 Å². The maximum atomic E-state index is 13.5. The Morgan fingerprint density at radius 3 is 2.86 bits per heavy atom. The zero-order valence-electron chi connectivity index (χ0n) is 16.2. The first-order valence-electron chi connectivity index (χ1n) is 9.49. The first-order valence-corrected chi connectivity index (χ1v) is 9.49. The number of fused-ring (bicyclic) bond motifs is 1. The zero-order chi connectivity index (χ0) is 20.6. The molecule has 0 saturated heterocycles. The van der Waals surface area contributed by atoms with E-state index in [0.717, 1.165) is 0 Å². The van der Waals surface area contributed by atoms with Crippen LogP contribution < -0.4 is 15.0 Å². The van der Waals surface area contributed by atoms with Crippen LogP contribution in [0.15, 0.2) is 54.3 Å². The number of ether oxygens (including phenoxy) is 2. The quantitative estimate of drug-likeness (QED) is 0.548. The van der Waals surface area contributed by atoms with Gasteiger partial charge in [-0.25, -0.2) is 4.39 Å². The molecule has 0 unspecified atom stereocenters. The van der Waals surface area contributed by atoms with Gasteiger partial charge >= 0.3 is 0 Å². The van der Waals surface area contributed by atoms with Crippen molar-refractivity contribution in [2.45, 2.75) is 13.3 Å². The molecule has 1 heterocycles. The van der Waals surface area contributed by atoms with Crippen molar-refractivity contribution in [3.63, 3.8) is 0 Å². The van der Waals surface area contributed by atoms with Crippen molar-refractivity contribution in [1.82, 2.24) is 5.32 Å². The normalized spacial score (nSPS) is 14.5. The van der Waals surface area contributed by atoms with Gasteiger partial charge in [0.15, 0.2) is 11.5 Å². The van der Waals surface area contributed by atoms with Gasteiger partial charge in [-0.1, -0.05) is 24.3 Å². The lowest BCUT2D eigenvalue weighted by Crippen LogP contribution is -2.44. The van der Waals surface area contributed by atoms with Gasteiger partial charge in [0.1, 0.15) is 12.4 Å². The fourth-order valence-electron chi connectivity index (χ4n) is 2.91. The molecule has 0 spiro atoms. The summed E-state index contributed by atoms with van der Waals surface area (Å²) < 4.78 is 24.4. The van der Waals surface area contributed by atoms with Crippen LogP contribution in [0.2, 0.25) is 0 Å². The number of amides is 2. The number of benzene rings is 2. The molecule has 6 nitrogen and oxygen atoms in total. The molecular formula is C22H23FN2O4. The summed E-state index contributed by atoms with van der Waals surface area (Å²) in [5, 5.41) is 2.79. The smallest absolute Gasteiger partial charge is 0.294 e. The van der Waals surface area contributed by atoms with Crippen LogP contribution in [0.3, 0.4) is 0 Å². The zero-order valence-corrected chi connectivity index (χ0v) is 16.2. The van der Waals surface area contributed by atoms with Gasteiger partial charge in [0.05, 0.1) is 5.69 Å². The lowest BCUT2D eigenvalue weighted by molar-refractivity contribution is -0.123. The second kappa shape index (κ2) is 9.84. The average molecular weight is 398 g/mol. The van der Waals surface area contributed by atoms with E-state index in [0.29, 0.717) is 43.2 Å². The maximum Gasteiger partial charge on any atom is 0.294 e. The minimum absolute atomic E-state index is 0.0263. The molecule has 3 rings (SSSR count). The summed E-state index contributed by atoms with van der Waals surface area (Å²) in [5.74, 6) is -0.669. The van der Waals surface area contributed by atoms with Gasteiger partial charge in [-0.3, -0.25) is 14.5 Å². The molecule has 2 aromatic carbocycles. The van der Waals surface area contributed by atoms with Gasteiger partial charge in [-0.15, -0.1) is 0 Å². The van der Waals surface area contributed by atoms with Crippen molar-refractivity contribution in [3.8, 4) is 5.75 Å². The van der Waals surface area contributed by atoms with Crippen LogP contribution in [0.4, 0.5) is 10.1 Å². The summed E-state index contributed by atoms with van der Waals surface area (Å²) >= 11 is 0. The van der Waals surface area contributed by atoms with Crippen molar-refractivity contribution in [2.24, 2.45) is 0 Å². The highest BCUT2D eigenvalue weighted by molar-refractivity contribution is 6.12. The molecule has 0 aliphatic carbocycles. The monoisotopic (exact) mass is 398 g/mol. The van der Waals surface area contributed by atoms with Crippen LogP contribution in [-0.4, -0.2) is 38.1 Å². The number of hydrogen-bond acceptors (Lipinski definition) is 4. The molecular weight excluding hydrogens is 375 g/mol. The summed E-state index contributed by atoms with van der Waals surface area (Å²) in [6.07, 6.45) is 2.16. The van der Waals surface area contributed by atoms with Crippen molar-refractivity contribution in [1.29, 1.82) is 0 Å². The molecule has 0 saturated carbocycles. The fraction of sp³-hybridized carbons (Fsp3) is 0.273. The first kappa shape index (κ1) is 20.5. The number of carbonyl (C=O) groups is 2. The lowest BCUT2D eigenvalue weighted by atomic mass is 10.1. The van der Waals surface area contributed by atoms with E-state index in [4.69, 9.17) is 9.47 Å². The van der Waals surface area contributed by atoms with E-state index in [-0.39, 0.29) is 18.2 Å². The number of anilines is 1. The van der Waals surface area contributed by atoms with E-state index in [2.05, 4.69) is 5.32 Å². The number of carbonyl (C=O) groups excluding carboxylic acids is 2. The van der Waals surface area contributed by atoms with E-state index >= 15 is 0 Å². The summed E-state index contributed by atoms with van der Waals surface area (Å²) in [4.78, 5) is 26.7. The SMILES string of the molecule is CCOCCCNC(=O)CN1C(=O)/C(=C\c2cccc(F)c2)Oc2ccccc21. The molecule has 2 aromatic rings. The topological polar surface area (TPSA) is 67.9 Å². The van der Waals surface area contributed by atoms with E-state index in [1.54, 1.807) is 36.4 Å². The number of nitrogens with zero attached hydrogens (tertiary/aromatic N) is 1. The summed E-state index contributed by atoms with van der Waals surface area (Å²) in [5.41, 5.74) is 1.01. The molecule has 0 fully saturated rings. The van der Waals surface area contributed by atoms with E-state index in [1.807, 2.05) is 6.92 Å². The highest BCUT2D eigenvalue weighted by Gasteiger charge is 2.31. The maximum absolute atomic E-state index is 13.5. The lowest BCUT2D eigenvalue weighted by Gasteiger charge is -2.30. The Balaban J connectivity index is 1.76. The van der Waals surface area contributed by atoms with Gasteiger partial charge in [0.2, 0.25) is 5.91 Å². The summed E-state index contributed by atoms with van der Waals surface area (Å²) in [6, 6.07) is 12.8. The predicted octanol–water partition coefficient (Wildman–Crippen LogP) is 3.14. The van der Waals surface area contributed by atoms with E-state index < -0.39 is 11.7 Å². The first-order chi connectivity index (χ1) is 14.1. The van der Waals surface area contributed by atoms with E-state index in [9.17, 15) is 14.0 Å². The molecule has 1 N–H and O–H groups in total. The van der Waals surface area contributed by atoms with E-state index in [1.165, 1.54) is 23.1 Å². The third-order valence-electron chi connectivity index (χ3n) is 4.27. The van der Waals surface area contributed by atoms with Crippen molar-refractivity contribution in [2.75, 3.05) is 31.2 Å². The standard InChI is InChI=1S/C22H23FN2O4/c1-2-28-12-6-11-24-21(26)15-25-18-9-3-4-10-19(18)29-20(22(25)27)14-16-7-5-8-17(23)13-16/h3-5,7-10,13-14H,2,6,11-12,15H2,1H3,(H,24,26)/b20-14+. The number of nitrogens with one attached hydrogen (secondary N) is 1. The van der Waals surface area contributed by atoms with Gasteiger partial charge in [0, 0.05) is 19.8 Å². The highest BCUT2D eigenvalue weighted by atomic mass is 19.1. The van der Waals surface area contributed by atoms with Crippen molar-refractivity contribution >= 4 is 23.6 Å². The molecule has 0 atom stereocenters. The predicted molar refractivity (Wildman–Crippen MR) is 108 cm³/mol. The fourth-order valence-corrected chi connectivity index (χ4v) is 2.91. The van der Waals surface area contributed by atoms with Crippen LogP contribution in [0.1, 0.15) is 18.9 Å². The molecule has 152 valence electrons. The number of para-hydroxylation sites is 2. The minimum Gasteiger partial charge on any atom is -0.449 e. The van der Waals surface area contributed by atoms with Crippen LogP contribution in [-0.2, 0) is 14.3 Å². The third kappa shape index (κ3) is 5.42. The average Bonchev–Trinajstić information content (AvgIpc) is 2.71. The molecule has 0 aromatic heterocycles. The highest BCUT2D eigenvalue weighted by Crippen LogP contribution is 2.35. The Morgan fingerprint density at radius 1 is 1.24 bits per heavy atom. The van der Waals surface area contributed by atoms with Gasteiger partial charge in [-0.05, 0) is 49.2 Å². The molecule has 0 radical (unpaired) electrons. The van der Waals surface area contributed by atoms with Crippen molar-refractivity contribution < 1.29 is 23.5 Å². The van der Waals surface area contributed by atoms with Crippen LogP contribution >= 0.6 is 0 Å². The number of hydrogen-bond donors (Lipinski definition) is 1.